The molecule has 2 unspecified atom stereocenters. The van der Waals surface area contributed by atoms with Crippen molar-refractivity contribution in [3.8, 4) is 0 Å². The predicted octanol–water partition coefficient (Wildman–Crippen LogP) is 3.08. The Morgan fingerprint density at radius 2 is 2.26 bits per heavy atom. The highest BCUT2D eigenvalue weighted by Gasteiger charge is 2.52. The molecular weight excluding hydrogens is 334 g/mol. The van der Waals surface area contributed by atoms with Crippen molar-refractivity contribution < 1.29 is 9.53 Å². The van der Waals surface area contributed by atoms with E-state index < -0.39 is 0 Å². The summed E-state index contributed by atoms with van der Waals surface area (Å²) in [5.74, 6) is -0.0268. The van der Waals surface area contributed by atoms with Crippen molar-refractivity contribution in [2.24, 2.45) is 11.1 Å². The van der Waals surface area contributed by atoms with Crippen molar-refractivity contribution >= 4 is 29.7 Å². The number of aromatic nitrogens is 1. The lowest BCUT2D eigenvalue weighted by Gasteiger charge is -2.54. The first kappa shape index (κ1) is 20.4. The Kier molecular flexibility index (Phi) is 7.45. The molecule has 5 nitrogen and oxygen atoms in total. The van der Waals surface area contributed by atoms with Gasteiger partial charge in [-0.15, -0.1) is 23.7 Å². The highest BCUT2D eigenvalue weighted by atomic mass is 35.5. The molecule has 0 saturated heterocycles. The van der Waals surface area contributed by atoms with Gasteiger partial charge in [0.05, 0.1) is 6.10 Å². The topological polar surface area (TPSA) is 68.5 Å². The molecule has 0 aromatic carbocycles. The van der Waals surface area contributed by atoms with Crippen LogP contribution in [0.15, 0.2) is 5.38 Å². The number of rotatable bonds is 7. The molecule has 7 heteroatoms. The van der Waals surface area contributed by atoms with Gasteiger partial charge in [0.25, 0.3) is 5.91 Å². The van der Waals surface area contributed by atoms with Gasteiger partial charge in [-0.1, -0.05) is 27.2 Å². The van der Waals surface area contributed by atoms with E-state index in [1.165, 1.54) is 11.3 Å². The molecule has 132 valence electrons. The largest absolute Gasteiger partial charge is 0.378 e. The van der Waals surface area contributed by atoms with Crippen LogP contribution in [-0.2, 0) is 11.3 Å². The maximum absolute atomic E-state index is 12.6. The van der Waals surface area contributed by atoms with E-state index in [1.807, 2.05) is 11.9 Å². The highest BCUT2D eigenvalue weighted by molar-refractivity contribution is 7.09. The Morgan fingerprint density at radius 3 is 2.78 bits per heavy atom. The van der Waals surface area contributed by atoms with Crippen LogP contribution >= 0.6 is 23.7 Å². The third-order valence-corrected chi connectivity index (χ3v) is 5.55. The lowest BCUT2D eigenvalue weighted by molar-refractivity contribution is -0.140. The molecule has 0 radical (unpaired) electrons. The molecule has 1 aromatic rings. The third kappa shape index (κ3) is 4.24. The van der Waals surface area contributed by atoms with Gasteiger partial charge in [0.1, 0.15) is 10.7 Å². The lowest BCUT2D eigenvalue weighted by atomic mass is 9.63. The van der Waals surface area contributed by atoms with E-state index in [-0.39, 0.29) is 35.9 Å². The van der Waals surface area contributed by atoms with E-state index in [0.29, 0.717) is 12.2 Å². The molecule has 1 saturated carbocycles. The second kappa shape index (κ2) is 8.42. The number of amides is 1. The fourth-order valence-corrected chi connectivity index (χ4v) is 3.65. The molecule has 1 aliphatic rings. The summed E-state index contributed by atoms with van der Waals surface area (Å²) in [6, 6.07) is 0.189. The maximum atomic E-state index is 12.6. The maximum Gasteiger partial charge on any atom is 0.273 e. The number of hydrogen-bond donors (Lipinski definition) is 1. The quantitative estimate of drug-likeness (QED) is 0.758. The number of carbonyl (C=O) groups excluding carboxylic acids is 1. The summed E-state index contributed by atoms with van der Waals surface area (Å²) in [6.07, 6.45) is 3.36. The molecule has 2 atom stereocenters. The molecule has 0 spiro atoms. The van der Waals surface area contributed by atoms with Crippen LogP contribution in [0.4, 0.5) is 0 Å². The summed E-state index contributed by atoms with van der Waals surface area (Å²) in [6.45, 7) is 7.70. The minimum atomic E-state index is -0.0268. The number of halogens is 1. The Morgan fingerprint density at radius 1 is 1.57 bits per heavy atom. The lowest BCUT2D eigenvalue weighted by Crippen LogP contribution is -2.62. The fourth-order valence-electron chi connectivity index (χ4n) is 3.00. The molecule has 1 heterocycles. The van der Waals surface area contributed by atoms with Crippen molar-refractivity contribution in [2.45, 2.75) is 58.7 Å². The van der Waals surface area contributed by atoms with Crippen molar-refractivity contribution in [1.82, 2.24) is 9.88 Å². The molecule has 0 bridgehead atoms. The normalized spacial score (nSPS) is 22.1. The summed E-state index contributed by atoms with van der Waals surface area (Å²) in [5.41, 5.74) is 6.04. The molecule has 1 aliphatic carbocycles. The molecule has 1 fully saturated rings. The smallest absolute Gasteiger partial charge is 0.273 e. The number of nitrogens with zero attached hydrogens (tertiary/aromatic N) is 2. The van der Waals surface area contributed by atoms with Gasteiger partial charge in [0.15, 0.2) is 0 Å². The molecule has 1 amide bonds. The molecule has 23 heavy (non-hydrogen) atoms. The summed E-state index contributed by atoms with van der Waals surface area (Å²) in [4.78, 5) is 18.7. The summed E-state index contributed by atoms with van der Waals surface area (Å²) in [5, 5.41) is 2.59. The van der Waals surface area contributed by atoms with Crippen LogP contribution in [0.3, 0.4) is 0 Å². The van der Waals surface area contributed by atoms with Crippen LogP contribution in [0.1, 0.15) is 55.5 Å². The van der Waals surface area contributed by atoms with Gasteiger partial charge in [-0.25, -0.2) is 4.98 Å². The van der Waals surface area contributed by atoms with E-state index in [1.54, 1.807) is 5.38 Å². The highest BCUT2D eigenvalue weighted by Crippen LogP contribution is 2.45. The SMILES string of the molecule is CCCCOC1CC(N(C)C(=O)c2csc(CN)n2)C1(C)C.Cl. The number of hydrogen-bond acceptors (Lipinski definition) is 5. The zero-order valence-corrected chi connectivity index (χ0v) is 16.0. The van der Waals surface area contributed by atoms with Gasteiger partial charge in [-0.3, -0.25) is 4.79 Å². The number of carbonyl (C=O) groups is 1. The van der Waals surface area contributed by atoms with Crippen molar-refractivity contribution in [3.63, 3.8) is 0 Å². The van der Waals surface area contributed by atoms with Crippen molar-refractivity contribution in [1.29, 1.82) is 0 Å². The molecule has 2 N–H and O–H groups in total. The van der Waals surface area contributed by atoms with E-state index >= 15 is 0 Å². The summed E-state index contributed by atoms with van der Waals surface area (Å²) in [7, 11) is 1.86. The predicted molar refractivity (Wildman–Crippen MR) is 96.2 cm³/mol. The number of ether oxygens (including phenoxy) is 1. The van der Waals surface area contributed by atoms with E-state index in [9.17, 15) is 4.79 Å². The Balaban J connectivity index is 0.00000264. The molecule has 2 rings (SSSR count). The Labute approximate surface area is 149 Å². The minimum Gasteiger partial charge on any atom is -0.378 e. The van der Waals surface area contributed by atoms with Gasteiger partial charge in [0.2, 0.25) is 0 Å². The van der Waals surface area contributed by atoms with Crippen LogP contribution in [0.25, 0.3) is 0 Å². The molecular formula is C16H28ClN3O2S. The zero-order chi connectivity index (χ0) is 16.3. The van der Waals surface area contributed by atoms with E-state index in [0.717, 1.165) is 30.9 Å². The first-order valence-electron chi connectivity index (χ1n) is 7.95. The first-order chi connectivity index (χ1) is 10.4. The average Bonchev–Trinajstić information content (AvgIpc) is 2.97. The van der Waals surface area contributed by atoms with Gasteiger partial charge in [0, 0.05) is 37.0 Å². The fraction of sp³-hybridized carbons (Fsp3) is 0.750. The molecule has 0 aliphatic heterocycles. The standard InChI is InChI=1S/C16H27N3O2S.ClH/c1-5-6-7-21-13-8-12(16(13,2)3)19(4)15(20)11-10-22-14(9-17)18-11;/h10,12-13H,5-9,17H2,1-4H3;1H. The summed E-state index contributed by atoms with van der Waals surface area (Å²) >= 11 is 1.44. The van der Waals surface area contributed by atoms with Gasteiger partial charge in [-0.2, -0.15) is 0 Å². The second-order valence-corrected chi connectivity index (χ2v) is 7.48. The third-order valence-electron chi connectivity index (χ3n) is 4.68. The zero-order valence-electron chi connectivity index (χ0n) is 14.4. The number of nitrogens with two attached hydrogens (primary N) is 1. The first-order valence-corrected chi connectivity index (χ1v) is 8.83. The van der Waals surface area contributed by atoms with Crippen LogP contribution in [0.5, 0.6) is 0 Å². The monoisotopic (exact) mass is 361 g/mol. The molecule has 1 aromatic heterocycles. The average molecular weight is 362 g/mol. The van der Waals surface area contributed by atoms with Gasteiger partial charge in [-0.05, 0) is 12.8 Å². The Hall–Kier alpha value is -0.690. The van der Waals surface area contributed by atoms with Crippen molar-refractivity contribution in [2.75, 3.05) is 13.7 Å². The van der Waals surface area contributed by atoms with E-state index in [2.05, 4.69) is 25.8 Å². The van der Waals surface area contributed by atoms with Crippen LogP contribution in [0, 0.1) is 5.41 Å². The minimum absolute atomic E-state index is 0. The second-order valence-electron chi connectivity index (χ2n) is 6.53. The van der Waals surface area contributed by atoms with Gasteiger partial charge >= 0.3 is 0 Å². The summed E-state index contributed by atoms with van der Waals surface area (Å²) < 4.78 is 5.95. The van der Waals surface area contributed by atoms with E-state index in [4.69, 9.17) is 10.5 Å². The Bertz CT molecular complexity index is 521. The van der Waals surface area contributed by atoms with Crippen molar-refractivity contribution in [3.05, 3.63) is 16.1 Å². The van der Waals surface area contributed by atoms with Crippen LogP contribution in [0.2, 0.25) is 0 Å². The van der Waals surface area contributed by atoms with Crippen LogP contribution < -0.4 is 5.73 Å². The number of unbranched alkanes of at least 4 members (excludes halogenated alkanes) is 1. The van der Waals surface area contributed by atoms with Gasteiger partial charge < -0.3 is 15.4 Å². The number of thiazole rings is 1. The van der Waals surface area contributed by atoms with Crippen LogP contribution in [-0.4, -0.2) is 41.6 Å².